The minimum Gasteiger partial charge on any atom is -0.365 e. The topological polar surface area (TPSA) is 75.4 Å². The van der Waals surface area contributed by atoms with Gasteiger partial charge in [0.1, 0.15) is 5.00 Å². The number of nitrogens with two attached hydrogens (primary N) is 1. The molecule has 2 heterocycles. The molecule has 27 heavy (non-hydrogen) atoms. The summed E-state index contributed by atoms with van der Waals surface area (Å²) in [5.74, 6) is 0.305. The number of anilines is 1. The molecule has 2 amide bonds. The molecule has 0 bridgehead atoms. The van der Waals surface area contributed by atoms with Crippen molar-refractivity contribution < 1.29 is 9.59 Å². The molecule has 144 valence electrons. The van der Waals surface area contributed by atoms with Gasteiger partial charge in [-0.15, -0.1) is 23.1 Å². The fourth-order valence-corrected chi connectivity index (χ4v) is 5.31. The number of hydrogen-bond acceptors (Lipinski definition) is 5. The van der Waals surface area contributed by atoms with Gasteiger partial charge in [-0.3, -0.25) is 14.5 Å². The fraction of sp³-hybridized carbons (Fsp3) is 0.400. The Balaban J connectivity index is 1.82. The lowest BCUT2D eigenvalue weighted by molar-refractivity contribution is 0.1000. The molecule has 1 aliphatic heterocycles. The molecule has 0 fully saturated rings. The Morgan fingerprint density at radius 3 is 2.63 bits per heavy atom. The number of primary amides is 1. The lowest BCUT2D eigenvalue weighted by atomic mass is 10.0. The molecule has 0 aliphatic carbocycles. The third-order valence-electron chi connectivity index (χ3n) is 4.58. The van der Waals surface area contributed by atoms with E-state index in [9.17, 15) is 9.59 Å². The monoisotopic (exact) mass is 403 g/mol. The van der Waals surface area contributed by atoms with E-state index in [0.717, 1.165) is 53.6 Å². The first kappa shape index (κ1) is 19.9. The Labute approximate surface area is 168 Å². The average molecular weight is 404 g/mol. The molecule has 1 aromatic carbocycles. The summed E-state index contributed by atoms with van der Waals surface area (Å²) >= 11 is 3.21. The molecule has 0 unspecified atom stereocenters. The highest BCUT2D eigenvalue weighted by molar-refractivity contribution is 7.99. The molecular formula is C20H25N3O2S2. The van der Waals surface area contributed by atoms with E-state index in [1.807, 2.05) is 24.3 Å². The predicted octanol–water partition coefficient (Wildman–Crippen LogP) is 3.98. The number of rotatable bonds is 7. The van der Waals surface area contributed by atoms with Gasteiger partial charge in [0.2, 0.25) is 0 Å². The standard InChI is InChI=1S/C20H25N3O2S2/c1-3-10-23-11-9-15-16(12-23)27-20(17(15)18(21)24)22-19(25)13-5-7-14(8-6-13)26-4-2/h5-8H,3-4,9-12H2,1-2H3,(H2,21,24)(H,22,25). The molecular weight excluding hydrogens is 378 g/mol. The van der Waals surface area contributed by atoms with Gasteiger partial charge in [-0.2, -0.15) is 0 Å². The second-order valence-corrected chi connectivity index (χ2v) is 8.95. The zero-order valence-electron chi connectivity index (χ0n) is 15.7. The van der Waals surface area contributed by atoms with Crippen LogP contribution in [0.3, 0.4) is 0 Å². The molecule has 0 saturated carbocycles. The van der Waals surface area contributed by atoms with Crippen LogP contribution in [0.15, 0.2) is 29.2 Å². The van der Waals surface area contributed by atoms with Gasteiger partial charge in [0.25, 0.3) is 11.8 Å². The van der Waals surface area contributed by atoms with Gasteiger partial charge in [-0.1, -0.05) is 13.8 Å². The van der Waals surface area contributed by atoms with Gasteiger partial charge in [0.05, 0.1) is 5.56 Å². The van der Waals surface area contributed by atoms with E-state index in [4.69, 9.17) is 5.73 Å². The van der Waals surface area contributed by atoms with Crippen LogP contribution in [0.4, 0.5) is 5.00 Å². The first-order valence-electron chi connectivity index (χ1n) is 9.24. The van der Waals surface area contributed by atoms with E-state index in [1.165, 1.54) is 11.3 Å². The number of carbonyl (C=O) groups is 2. The van der Waals surface area contributed by atoms with E-state index in [1.54, 1.807) is 11.8 Å². The molecule has 0 saturated heterocycles. The summed E-state index contributed by atoms with van der Waals surface area (Å²) in [6.07, 6.45) is 1.89. The number of carbonyl (C=O) groups excluding carboxylic acids is 2. The van der Waals surface area contributed by atoms with Crippen LogP contribution in [-0.2, 0) is 13.0 Å². The van der Waals surface area contributed by atoms with Crippen molar-refractivity contribution in [2.45, 2.75) is 38.1 Å². The number of nitrogens with zero attached hydrogens (tertiary/aromatic N) is 1. The Kier molecular flexibility index (Phi) is 6.57. The van der Waals surface area contributed by atoms with Crippen LogP contribution in [0.2, 0.25) is 0 Å². The minimum atomic E-state index is -0.471. The summed E-state index contributed by atoms with van der Waals surface area (Å²) in [7, 11) is 0. The molecule has 0 atom stereocenters. The van der Waals surface area contributed by atoms with Crippen LogP contribution >= 0.6 is 23.1 Å². The summed E-state index contributed by atoms with van der Waals surface area (Å²) in [5, 5.41) is 3.49. The quantitative estimate of drug-likeness (QED) is 0.686. The molecule has 3 N–H and O–H groups in total. The van der Waals surface area contributed by atoms with Crippen molar-refractivity contribution in [3.8, 4) is 0 Å². The average Bonchev–Trinajstić information content (AvgIpc) is 3.00. The molecule has 2 aromatic rings. The van der Waals surface area contributed by atoms with Crippen molar-refractivity contribution in [2.24, 2.45) is 5.73 Å². The number of thiophene rings is 1. The van der Waals surface area contributed by atoms with Crippen molar-refractivity contribution in [3.63, 3.8) is 0 Å². The van der Waals surface area contributed by atoms with E-state index < -0.39 is 5.91 Å². The third-order valence-corrected chi connectivity index (χ3v) is 6.60. The molecule has 5 nitrogen and oxygen atoms in total. The first-order chi connectivity index (χ1) is 13.0. The number of hydrogen-bond donors (Lipinski definition) is 2. The normalized spacial score (nSPS) is 14.0. The molecule has 0 spiro atoms. The highest BCUT2D eigenvalue weighted by atomic mass is 32.2. The van der Waals surface area contributed by atoms with E-state index >= 15 is 0 Å². The van der Waals surface area contributed by atoms with Crippen molar-refractivity contribution in [2.75, 3.05) is 24.2 Å². The second kappa shape index (κ2) is 8.91. The van der Waals surface area contributed by atoms with Gasteiger partial charge in [-0.25, -0.2) is 0 Å². The maximum absolute atomic E-state index is 12.7. The summed E-state index contributed by atoms with van der Waals surface area (Å²) in [4.78, 5) is 29.4. The lowest BCUT2D eigenvalue weighted by Gasteiger charge is -2.26. The maximum Gasteiger partial charge on any atom is 0.256 e. The fourth-order valence-electron chi connectivity index (χ4n) is 3.36. The van der Waals surface area contributed by atoms with Gasteiger partial charge in [0, 0.05) is 28.4 Å². The number of benzene rings is 1. The molecule has 1 aromatic heterocycles. The number of amides is 2. The van der Waals surface area contributed by atoms with Gasteiger partial charge in [-0.05, 0) is 55.0 Å². The van der Waals surface area contributed by atoms with E-state index in [2.05, 4.69) is 24.1 Å². The van der Waals surface area contributed by atoms with E-state index in [-0.39, 0.29) is 5.91 Å². The van der Waals surface area contributed by atoms with Gasteiger partial charge >= 0.3 is 0 Å². The Morgan fingerprint density at radius 1 is 1.26 bits per heavy atom. The van der Waals surface area contributed by atoms with Gasteiger partial charge < -0.3 is 11.1 Å². The van der Waals surface area contributed by atoms with Crippen LogP contribution < -0.4 is 11.1 Å². The molecule has 7 heteroatoms. The van der Waals surface area contributed by atoms with Crippen molar-refractivity contribution >= 4 is 39.9 Å². The van der Waals surface area contributed by atoms with Crippen molar-refractivity contribution in [3.05, 3.63) is 45.8 Å². The summed E-state index contributed by atoms with van der Waals surface area (Å²) < 4.78 is 0. The molecule has 1 aliphatic rings. The van der Waals surface area contributed by atoms with E-state index in [0.29, 0.717) is 16.1 Å². The van der Waals surface area contributed by atoms with Crippen LogP contribution in [0, 0.1) is 0 Å². The first-order valence-corrected chi connectivity index (χ1v) is 11.0. The minimum absolute atomic E-state index is 0.213. The Morgan fingerprint density at radius 2 is 2.00 bits per heavy atom. The van der Waals surface area contributed by atoms with Crippen LogP contribution in [-0.4, -0.2) is 35.6 Å². The smallest absolute Gasteiger partial charge is 0.256 e. The van der Waals surface area contributed by atoms with Gasteiger partial charge in [0.15, 0.2) is 0 Å². The third kappa shape index (κ3) is 4.54. The summed E-state index contributed by atoms with van der Waals surface area (Å²) in [6.45, 7) is 7.02. The Hall–Kier alpha value is -1.83. The second-order valence-electron chi connectivity index (χ2n) is 6.51. The van der Waals surface area contributed by atoms with Crippen LogP contribution in [0.1, 0.15) is 51.4 Å². The lowest BCUT2D eigenvalue weighted by Crippen LogP contribution is -2.31. The van der Waals surface area contributed by atoms with Crippen LogP contribution in [0.25, 0.3) is 0 Å². The zero-order valence-corrected chi connectivity index (χ0v) is 17.3. The van der Waals surface area contributed by atoms with Crippen molar-refractivity contribution in [1.29, 1.82) is 0 Å². The van der Waals surface area contributed by atoms with Crippen molar-refractivity contribution in [1.82, 2.24) is 4.90 Å². The number of thioether (sulfide) groups is 1. The summed E-state index contributed by atoms with van der Waals surface area (Å²) in [6, 6.07) is 7.52. The maximum atomic E-state index is 12.7. The highest BCUT2D eigenvalue weighted by Gasteiger charge is 2.27. The zero-order chi connectivity index (χ0) is 19.4. The molecule has 0 radical (unpaired) electrons. The predicted molar refractivity (Wildman–Crippen MR) is 113 cm³/mol. The van der Waals surface area contributed by atoms with Crippen LogP contribution in [0.5, 0.6) is 0 Å². The largest absolute Gasteiger partial charge is 0.365 e. The number of fused-ring (bicyclic) bond motifs is 1. The molecule has 3 rings (SSSR count). The highest BCUT2D eigenvalue weighted by Crippen LogP contribution is 2.37. The summed E-state index contributed by atoms with van der Waals surface area (Å²) in [5.41, 5.74) is 7.71. The SMILES string of the molecule is CCCN1CCc2c(sc(NC(=O)c3ccc(SCC)cc3)c2C(N)=O)C1. The Bertz CT molecular complexity index is 830. The number of nitrogens with one attached hydrogen (secondary N) is 1.